The van der Waals surface area contributed by atoms with Gasteiger partial charge in [-0.05, 0) is 29.7 Å². The zero-order chi connectivity index (χ0) is 18.5. The summed E-state index contributed by atoms with van der Waals surface area (Å²) in [6.07, 6.45) is 1.23. The van der Waals surface area contributed by atoms with E-state index in [4.69, 9.17) is 0 Å². The third-order valence-electron chi connectivity index (χ3n) is 5.08. The van der Waals surface area contributed by atoms with Gasteiger partial charge in [0.15, 0.2) is 0 Å². The summed E-state index contributed by atoms with van der Waals surface area (Å²) < 4.78 is 0. The van der Waals surface area contributed by atoms with Crippen LogP contribution >= 0.6 is 0 Å². The maximum absolute atomic E-state index is 2.57. The Morgan fingerprint density at radius 3 is 1.54 bits per heavy atom. The van der Waals surface area contributed by atoms with E-state index in [0.29, 0.717) is 0 Å². The van der Waals surface area contributed by atoms with Crippen LogP contribution in [0, 0.1) is 0 Å². The van der Waals surface area contributed by atoms with Crippen LogP contribution in [0.3, 0.4) is 0 Å². The third kappa shape index (κ3) is 4.57. The Hall–Kier alpha value is -2.04. The van der Waals surface area contributed by atoms with E-state index in [0.717, 1.165) is 19.8 Å². The smallest absolute Gasteiger partial charge is 0.0512 e. The molecule has 140 valence electrons. The van der Waals surface area contributed by atoms with Crippen LogP contribution in [-0.2, 0) is 13.1 Å². The van der Waals surface area contributed by atoms with Crippen molar-refractivity contribution in [2.45, 2.75) is 19.5 Å². The van der Waals surface area contributed by atoms with E-state index in [1.54, 1.807) is 0 Å². The zero-order valence-corrected chi connectivity index (χ0v) is 16.7. The molecule has 0 aliphatic carbocycles. The summed E-state index contributed by atoms with van der Waals surface area (Å²) in [5.74, 6) is 0. The lowest BCUT2D eigenvalue weighted by molar-refractivity contribution is 0.0748. The van der Waals surface area contributed by atoms with Crippen molar-refractivity contribution in [3.05, 3.63) is 59.7 Å². The van der Waals surface area contributed by atoms with Crippen molar-refractivity contribution in [1.29, 1.82) is 0 Å². The summed E-state index contributed by atoms with van der Waals surface area (Å²) in [6.45, 7) is 5.41. The van der Waals surface area contributed by atoms with Gasteiger partial charge in [0, 0.05) is 65.7 Å². The number of nitrogens with zero attached hydrogens (tertiary/aromatic N) is 4. The van der Waals surface area contributed by atoms with Crippen LogP contribution in [0.4, 0.5) is 11.4 Å². The van der Waals surface area contributed by atoms with Gasteiger partial charge < -0.3 is 9.80 Å². The molecule has 0 aromatic heterocycles. The monoisotopic (exact) mass is 352 g/mol. The van der Waals surface area contributed by atoms with E-state index in [1.165, 1.54) is 42.0 Å². The molecule has 2 aromatic carbocycles. The molecule has 1 saturated heterocycles. The number of rotatable bonds is 6. The topological polar surface area (TPSA) is 13.0 Å². The highest BCUT2D eigenvalue weighted by Crippen LogP contribution is 2.23. The van der Waals surface area contributed by atoms with Gasteiger partial charge in [-0.3, -0.25) is 9.80 Å². The molecular weight excluding hydrogens is 320 g/mol. The van der Waals surface area contributed by atoms with Gasteiger partial charge in [-0.25, -0.2) is 0 Å². The van der Waals surface area contributed by atoms with Crippen molar-refractivity contribution in [3.63, 3.8) is 0 Å². The van der Waals surface area contributed by atoms with Crippen molar-refractivity contribution >= 4 is 11.4 Å². The predicted octanol–water partition coefficient (Wildman–Crippen LogP) is 3.48. The SMILES string of the molecule is CN(C)c1ccccc1CN1CCCN(Cc2ccccc2N(C)C)C1. The Labute approximate surface area is 158 Å². The minimum Gasteiger partial charge on any atom is -0.377 e. The molecule has 0 N–H and O–H groups in total. The lowest BCUT2D eigenvalue weighted by atomic mass is 10.1. The van der Waals surface area contributed by atoms with Crippen molar-refractivity contribution in [3.8, 4) is 0 Å². The minimum atomic E-state index is 1.01. The van der Waals surface area contributed by atoms with Gasteiger partial charge in [-0.2, -0.15) is 0 Å². The fourth-order valence-electron chi connectivity index (χ4n) is 3.84. The Kier molecular flexibility index (Phi) is 6.17. The molecule has 0 radical (unpaired) electrons. The molecule has 1 heterocycles. The van der Waals surface area contributed by atoms with E-state index >= 15 is 0 Å². The zero-order valence-electron chi connectivity index (χ0n) is 16.7. The molecular formula is C22H32N4. The van der Waals surface area contributed by atoms with Gasteiger partial charge in [-0.15, -0.1) is 0 Å². The largest absolute Gasteiger partial charge is 0.377 e. The first-order chi connectivity index (χ1) is 12.5. The first-order valence-electron chi connectivity index (χ1n) is 9.50. The predicted molar refractivity (Wildman–Crippen MR) is 112 cm³/mol. The maximum Gasteiger partial charge on any atom is 0.0512 e. The number of anilines is 2. The number of benzene rings is 2. The van der Waals surface area contributed by atoms with E-state index in [2.05, 4.69) is 96.3 Å². The van der Waals surface area contributed by atoms with Crippen LogP contribution in [0.5, 0.6) is 0 Å². The molecule has 26 heavy (non-hydrogen) atoms. The lowest BCUT2D eigenvalue weighted by Crippen LogP contribution is -2.44. The van der Waals surface area contributed by atoms with E-state index in [-0.39, 0.29) is 0 Å². The van der Waals surface area contributed by atoms with Gasteiger partial charge in [0.1, 0.15) is 0 Å². The third-order valence-corrected chi connectivity index (χ3v) is 5.08. The number of hydrogen-bond donors (Lipinski definition) is 0. The second kappa shape index (κ2) is 8.56. The van der Waals surface area contributed by atoms with Crippen LogP contribution < -0.4 is 9.80 Å². The summed E-state index contributed by atoms with van der Waals surface area (Å²) in [7, 11) is 8.50. The Bertz CT molecular complexity index is 651. The standard InChI is InChI=1S/C22H32N4/c1-23(2)21-12-7-5-10-19(21)16-25-14-9-15-26(18-25)17-20-11-6-8-13-22(20)24(3)4/h5-8,10-13H,9,14-18H2,1-4H3. The molecule has 0 unspecified atom stereocenters. The molecule has 0 saturated carbocycles. The van der Waals surface area contributed by atoms with Crippen LogP contribution in [0.1, 0.15) is 17.5 Å². The van der Waals surface area contributed by atoms with Crippen LogP contribution in [-0.4, -0.2) is 57.7 Å². The molecule has 3 rings (SSSR count). The first kappa shape index (κ1) is 18.7. The summed E-state index contributed by atoms with van der Waals surface area (Å²) >= 11 is 0. The molecule has 0 atom stereocenters. The lowest BCUT2D eigenvalue weighted by Gasteiger charge is -2.36. The molecule has 0 amide bonds. The van der Waals surface area contributed by atoms with Crippen molar-refractivity contribution in [1.82, 2.24) is 9.80 Å². The minimum absolute atomic E-state index is 1.01. The Balaban J connectivity index is 1.67. The van der Waals surface area contributed by atoms with Crippen LogP contribution in [0.2, 0.25) is 0 Å². The normalized spacial score (nSPS) is 15.8. The number of hydrogen-bond acceptors (Lipinski definition) is 4. The van der Waals surface area contributed by atoms with Crippen molar-refractivity contribution in [2.75, 3.05) is 57.7 Å². The molecule has 1 aliphatic heterocycles. The summed E-state index contributed by atoms with van der Waals surface area (Å²) in [5.41, 5.74) is 5.46. The maximum atomic E-state index is 2.57. The molecule has 4 heteroatoms. The molecule has 1 aliphatic rings. The van der Waals surface area contributed by atoms with Crippen molar-refractivity contribution in [2.24, 2.45) is 0 Å². The second-order valence-corrected chi connectivity index (χ2v) is 7.65. The highest BCUT2D eigenvalue weighted by Gasteiger charge is 2.20. The fraction of sp³-hybridized carbons (Fsp3) is 0.455. The van der Waals surface area contributed by atoms with Crippen LogP contribution in [0.15, 0.2) is 48.5 Å². The van der Waals surface area contributed by atoms with Gasteiger partial charge >= 0.3 is 0 Å². The molecule has 2 aromatic rings. The van der Waals surface area contributed by atoms with E-state index in [9.17, 15) is 0 Å². The van der Waals surface area contributed by atoms with Gasteiger partial charge in [0.05, 0.1) is 6.67 Å². The molecule has 0 spiro atoms. The van der Waals surface area contributed by atoms with Gasteiger partial charge in [-0.1, -0.05) is 36.4 Å². The van der Waals surface area contributed by atoms with Gasteiger partial charge in [0.2, 0.25) is 0 Å². The highest BCUT2D eigenvalue weighted by molar-refractivity contribution is 5.53. The average Bonchev–Trinajstić information content (AvgIpc) is 2.62. The highest BCUT2D eigenvalue weighted by atomic mass is 15.3. The Morgan fingerprint density at radius 2 is 1.12 bits per heavy atom. The average molecular weight is 353 g/mol. The molecule has 0 bridgehead atoms. The second-order valence-electron chi connectivity index (χ2n) is 7.65. The fourth-order valence-corrected chi connectivity index (χ4v) is 3.84. The van der Waals surface area contributed by atoms with Crippen molar-refractivity contribution < 1.29 is 0 Å². The van der Waals surface area contributed by atoms with E-state index in [1.807, 2.05) is 0 Å². The van der Waals surface area contributed by atoms with E-state index < -0.39 is 0 Å². The van der Waals surface area contributed by atoms with Gasteiger partial charge in [0.25, 0.3) is 0 Å². The molecule has 1 fully saturated rings. The molecule has 4 nitrogen and oxygen atoms in total. The summed E-state index contributed by atoms with van der Waals surface area (Å²) in [4.78, 5) is 9.57. The first-order valence-corrected chi connectivity index (χ1v) is 9.50. The summed E-state index contributed by atoms with van der Waals surface area (Å²) in [6, 6.07) is 17.5. The summed E-state index contributed by atoms with van der Waals surface area (Å²) in [5, 5.41) is 0. The Morgan fingerprint density at radius 1 is 0.692 bits per heavy atom. The van der Waals surface area contributed by atoms with Crippen LogP contribution in [0.25, 0.3) is 0 Å². The number of para-hydroxylation sites is 2. The quantitative estimate of drug-likeness (QED) is 0.789.